The third-order valence-corrected chi connectivity index (χ3v) is 3.89. The van der Waals surface area contributed by atoms with E-state index in [0.29, 0.717) is 5.02 Å². The van der Waals surface area contributed by atoms with Gasteiger partial charge in [0, 0.05) is 35.1 Å². The highest BCUT2D eigenvalue weighted by Gasteiger charge is 2.23. The van der Waals surface area contributed by atoms with Gasteiger partial charge in [-0.15, -0.1) is 0 Å². The number of nitrogens with zero attached hydrogens (tertiary/aromatic N) is 3. The molecule has 0 unspecified atom stereocenters. The van der Waals surface area contributed by atoms with Crippen molar-refractivity contribution in [3.8, 4) is 16.9 Å². The van der Waals surface area contributed by atoms with Crippen LogP contribution in [0.3, 0.4) is 0 Å². The lowest BCUT2D eigenvalue weighted by Crippen LogP contribution is -2.04. The zero-order valence-electron chi connectivity index (χ0n) is 11.3. The largest absolute Gasteiger partial charge is 0.369 e. The van der Waals surface area contributed by atoms with Crippen LogP contribution in [0, 0.1) is 0 Å². The van der Waals surface area contributed by atoms with Crippen molar-refractivity contribution in [1.29, 1.82) is 0 Å². The lowest BCUT2D eigenvalue weighted by atomic mass is 10.1. The van der Waals surface area contributed by atoms with E-state index in [1.807, 2.05) is 41.1 Å². The summed E-state index contributed by atoms with van der Waals surface area (Å²) in [4.78, 5) is 4.07. The molecule has 21 heavy (non-hydrogen) atoms. The molecule has 0 radical (unpaired) electrons. The van der Waals surface area contributed by atoms with Crippen LogP contribution in [0.4, 0.5) is 5.82 Å². The molecule has 1 N–H and O–H groups in total. The lowest BCUT2D eigenvalue weighted by Gasteiger charge is -2.06. The predicted octanol–water partition coefficient (Wildman–Crippen LogP) is 3.56. The summed E-state index contributed by atoms with van der Waals surface area (Å²) in [6, 6.07) is 11.7. The molecule has 1 aromatic carbocycles. The van der Waals surface area contributed by atoms with Crippen LogP contribution >= 0.6 is 11.6 Å². The summed E-state index contributed by atoms with van der Waals surface area (Å²) in [5.41, 5.74) is 4.32. The van der Waals surface area contributed by atoms with Gasteiger partial charge in [0.25, 0.3) is 0 Å². The average molecular weight is 297 g/mol. The van der Waals surface area contributed by atoms with Crippen LogP contribution in [-0.4, -0.2) is 21.3 Å². The molecule has 0 saturated heterocycles. The topological polar surface area (TPSA) is 42.7 Å². The Morgan fingerprint density at radius 2 is 2.00 bits per heavy atom. The average Bonchev–Trinajstić information content (AvgIpc) is 3.10. The maximum atomic E-state index is 6.10. The number of pyridine rings is 1. The fourth-order valence-electron chi connectivity index (χ4n) is 2.71. The molecule has 104 valence electrons. The van der Waals surface area contributed by atoms with Crippen molar-refractivity contribution in [2.45, 2.75) is 6.42 Å². The summed E-state index contributed by atoms with van der Waals surface area (Å²) in [6.07, 6.45) is 4.57. The molecular weight excluding hydrogens is 284 g/mol. The van der Waals surface area contributed by atoms with E-state index in [2.05, 4.69) is 10.3 Å². The van der Waals surface area contributed by atoms with E-state index in [1.165, 1.54) is 5.56 Å². The first-order valence-corrected chi connectivity index (χ1v) is 7.23. The molecule has 0 bridgehead atoms. The first kappa shape index (κ1) is 12.4. The Kier molecular flexibility index (Phi) is 2.89. The Bertz CT molecular complexity index is 795. The predicted molar refractivity (Wildman–Crippen MR) is 84.0 cm³/mol. The number of fused-ring (bicyclic) bond motifs is 1. The minimum atomic E-state index is 0.709. The van der Waals surface area contributed by atoms with E-state index in [4.69, 9.17) is 16.7 Å². The number of benzene rings is 1. The summed E-state index contributed by atoms with van der Waals surface area (Å²) >= 11 is 6.10. The molecule has 1 aliphatic heterocycles. The van der Waals surface area contributed by atoms with E-state index < -0.39 is 0 Å². The monoisotopic (exact) mass is 296 g/mol. The van der Waals surface area contributed by atoms with Crippen LogP contribution in [0.2, 0.25) is 5.02 Å². The second-order valence-electron chi connectivity index (χ2n) is 4.98. The van der Waals surface area contributed by atoms with Crippen LogP contribution < -0.4 is 5.32 Å². The maximum absolute atomic E-state index is 6.10. The SMILES string of the molecule is Clc1cccc(-n2nc(-c3ccncc3)c3c2NCC3)c1. The molecule has 0 atom stereocenters. The van der Waals surface area contributed by atoms with Gasteiger partial charge in [0.2, 0.25) is 0 Å². The fourth-order valence-corrected chi connectivity index (χ4v) is 2.90. The molecule has 0 saturated carbocycles. The van der Waals surface area contributed by atoms with Crippen LogP contribution in [-0.2, 0) is 6.42 Å². The summed E-state index contributed by atoms with van der Waals surface area (Å²) in [5, 5.41) is 8.91. The highest BCUT2D eigenvalue weighted by atomic mass is 35.5. The lowest BCUT2D eigenvalue weighted by molar-refractivity contribution is 0.882. The summed E-state index contributed by atoms with van der Waals surface area (Å²) in [6.45, 7) is 0.936. The van der Waals surface area contributed by atoms with Crippen LogP contribution in [0.1, 0.15) is 5.56 Å². The zero-order valence-corrected chi connectivity index (χ0v) is 12.0. The van der Waals surface area contributed by atoms with Crippen LogP contribution in [0.5, 0.6) is 0 Å². The Hall–Kier alpha value is -2.33. The van der Waals surface area contributed by atoms with E-state index in [9.17, 15) is 0 Å². The Morgan fingerprint density at radius 1 is 1.14 bits per heavy atom. The molecule has 1 aliphatic rings. The first-order chi connectivity index (χ1) is 10.3. The van der Waals surface area contributed by atoms with E-state index in [0.717, 1.165) is 35.7 Å². The molecule has 0 amide bonds. The molecule has 0 fully saturated rings. The minimum absolute atomic E-state index is 0.709. The molecular formula is C16H13ClN4. The van der Waals surface area contributed by atoms with Gasteiger partial charge in [0.05, 0.1) is 11.4 Å². The smallest absolute Gasteiger partial charge is 0.133 e. The minimum Gasteiger partial charge on any atom is -0.369 e. The second-order valence-corrected chi connectivity index (χ2v) is 5.42. The maximum Gasteiger partial charge on any atom is 0.133 e. The van der Waals surface area contributed by atoms with Gasteiger partial charge in [-0.2, -0.15) is 5.10 Å². The molecule has 2 aromatic heterocycles. The Labute approximate surface area is 127 Å². The molecule has 0 spiro atoms. The highest BCUT2D eigenvalue weighted by Crippen LogP contribution is 2.34. The van der Waals surface area contributed by atoms with Crippen LogP contribution in [0.15, 0.2) is 48.8 Å². The van der Waals surface area contributed by atoms with E-state index >= 15 is 0 Å². The summed E-state index contributed by atoms with van der Waals surface area (Å²) in [5.74, 6) is 1.06. The molecule has 0 aliphatic carbocycles. The second kappa shape index (κ2) is 4.90. The van der Waals surface area contributed by atoms with Crippen molar-refractivity contribution >= 4 is 17.4 Å². The van der Waals surface area contributed by atoms with Gasteiger partial charge in [-0.3, -0.25) is 4.98 Å². The van der Waals surface area contributed by atoms with Gasteiger partial charge in [0.1, 0.15) is 5.82 Å². The number of aromatic nitrogens is 3. The van der Waals surface area contributed by atoms with Crippen molar-refractivity contribution in [2.24, 2.45) is 0 Å². The van der Waals surface area contributed by atoms with Crippen LogP contribution in [0.25, 0.3) is 16.9 Å². The van der Waals surface area contributed by atoms with Gasteiger partial charge < -0.3 is 5.32 Å². The standard InChI is InChI=1S/C16H13ClN4/c17-12-2-1-3-13(10-12)21-16-14(6-9-19-16)15(20-21)11-4-7-18-8-5-11/h1-5,7-8,10,19H,6,9H2. The van der Waals surface area contributed by atoms with Crippen molar-refractivity contribution in [3.63, 3.8) is 0 Å². The van der Waals surface area contributed by atoms with Gasteiger partial charge >= 0.3 is 0 Å². The zero-order chi connectivity index (χ0) is 14.2. The first-order valence-electron chi connectivity index (χ1n) is 6.85. The van der Waals surface area contributed by atoms with E-state index in [-0.39, 0.29) is 0 Å². The van der Waals surface area contributed by atoms with Crippen molar-refractivity contribution in [1.82, 2.24) is 14.8 Å². The normalized spacial score (nSPS) is 13.0. The number of halogens is 1. The van der Waals surface area contributed by atoms with Gasteiger partial charge in [-0.25, -0.2) is 4.68 Å². The number of rotatable bonds is 2. The van der Waals surface area contributed by atoms with Crippen molar-refractivity contribution in [3.05, 3.63) is 59.4 Å². The highest BCUT2D eigenvalue weighted by molar-refractivity contribution is 6.30. The summed E-state index contributed by atoms with van der Waals surface area (Å²) < 4.78 is 1.93. The number of hydrogen-bond acceptors (Lipinski definition) is 3. The van der Waals surface area contributed by atoms with E-state index in [1.54, 1.807) is 12.4 Å². The number of anilines is 1. The Balaban J connectivity index is 1.91. The quantitative estimate of drug-likeness (QED) is 0.786. The Morgan fingerprint density at radius 3 is 2.81 bits per heavy atom. The third-order valence-electron chi connectivity index (χ3n) is 3.66. The molecule has 5 heteroatoms. The number of hydrogen-bond donors (Lipinski definition) is 1. The summed E-state index contributed by atoms with van der Waals surface area (Å²) in [7, 11) is 0. The third kappa shape index (κ3) is 2.08. The number of nitrogens with one attached hydrogen (secondary N) is 1. The van der Waals surface area contributed by atoms with Crippen molar-refractivity contribution < 1.29 is 0 Å². The molecule has 4 rings (SSSR count). The molecule has 3 aromatic rings. The van der Waals surface area contributed by atoms with Crippen molar-refractivity contribution in [2.75, 3.05) is 11.9 Å². The van der Waals surface area contributed by atoms with Gasteiger partial charge in [-0.05, 0) is 36.8 Å². The molecule has 3 heterocycles. The molecule has 4 nitrogen and oxygen atoms in total. The van der Waals surface area contributed by atoms with Gasteiger partial charge in [0.15, 0.2) is 0 Å². The van der Waals surface area contributed by atoms with Gasteiger partial charge in [-0.1, -0.05) is 17.7 Å². The fraction of sp³-hybridized carbons (Fsp3) is 0.125.